The molecule has 1 saturated heterocycles. The van der Waals surface area contributed by atoms with E-state index in [4.69, 9.17) is 4.42 Å². The standard InChI is InChI=1S/C16H18N2O3S2/c19-23(20)10-8-14(12-23)11-15-17-18-16(21-15)22-9-4-7-13-5-2-1-3-6-13/h1-7,14H,8-12H2. The Morgan fingerprint density at radius 1 is 1.26 bits per heavy atom. The number of sulfone groups is 1. The molecular formula is C16H18N2O3S2. The van der Waals surface area contributed by atoms with Gasteiger partial charge < -0.3 is 4.42 Å². The van der Waals surface area contributed by atoms with E-state index < -0.39 is 9.84 Å². The monoisotopic (exact) mass is 350 g/mol. The van der Waals surface area contributed by atoms with Gasteiger partial charge in [-0.15, -0.1) is 10.2 Å². The average Bonchev–Trinajstić information content (AvgIpc) is 3.11. The number of hydrogen-bond donors (Lipinski definition) is 0. The van der Waals surface area contributed by atoms with Gasteiger partial charge in [0.1, 0.15) is 0 Å². The van der Waals surface area contributed by atoms with Crippen molar-refractivity contribution in [1.82, 2.24) is 10.2 Å². The van der Waals surface area contributed by atoms with E-state index in [1.807, 2.05) is 42.5 Å². The highest BCUT2D eigenvalue weighted by atomic mass is 32.2. The number of thioether (sulfide) groups is 1. The first-order valence-electron chi connectivity index (χ1n) is 7.48. The number of nitrogens with zero attached hydrogens (tertiary/aromatic N) is 2. The predicted octanol–water partition coefficient (Wildman–Crippen LogP) is 2.85. The molecule has 1 unspecified atom stereocenters. The maximum atomic E-state index is 11.4. The molecule has 0 bridgehead atoms. The lowest BCUT2D eigenvalue weighted by molar-refractivity contribution is 0.389. The number of rotatable bonds is 6. The van der Waals surface area contributed by atoms with Crippen LogP contribution in [0.1, 0.15) is 17.9 Å². The van der Waals surface area contributed by atoms with Crippen molar-refractivity contribution in [2.45, 2.75) is 18.1 Å². The van der Waals surface area contributed by atoms with Crippen LogP contribution in [-0.4, -0.2) is 35.9 Å². The van der Waals surface area contributed by atoms with Crippen molar-refractivity contribution in [2.24, 2.45) is 5.92 Å². The summed E-state index contributed by atoms with van der Waals surface area (Å²) in [6.07, 6.45) is 5.33. The third kappa shape index (κ3) is 4.94. The molecule has 1 aliphatic rings. The van der Waals surface area contributed by atoms with E-state index in [2.05, 4.69) is 10.2 Å². The van der Waals surface area contributed by atoms with Gasteiger partial charge in [-0.05, 0) is 17.9 Å². The number of benzene rings is 1. The lowest BCUT2D eigenvalue weighted by Crippen LogP contribution is -2.07. The molecule has 1 aromatic carbocycles. The minimum absolute atomic E-state index is 0.108. The van der Waals surface area contributed by atoms with E-state index in [1.54, 1.807) is 0 Å². The lowest BCUT2D eigenvalue weighted by atomic mass is 10.1. The van der Waals surface area contributed by atoms with E-state index in [0.29, 0.717) is 24.0 Å². The summed E-state index contributed by atoms with van der Waals surface area (Å²) in [6, 6.07) is 10.1. The summed E-state index contributed by atoms with van der Waals surface area (Å²) in [5, 5.41) is 8.54. The molecule has 3 rings (SSSR count). The summed E-state index contributed by atoms with van der Waals surface area (Å²) in [5.41, 5.74) is 1.15. The van der Waals surface area contributed by atoms with Crippen molar-refractivity contribution in [3.05, 3.63) is 47.9 Å². The van der Waals surface area contributed by atoms with E-state index in [0.717, 1.165) is 11.3 Å². The Labute approximate surface area is 140 Å². The zero-order chi connectivity index (χ0) is 16.1. The zero-order valence-electron chi connectivity index (χ0n) is 12.6. The zero-order valence-corrected chi connectivity index (χ0v) is 14.2. The fourth-order valence-electron chi connectivity index (χ4n) is 2.53. The number of hydrogen-bond acceptors (Lipinski definition) is 6. The van der Waals surface area contributed by atoms with Gasteiger partial charge >= 0.3 is 0 Å². The van der Waals surface area contributed by atoms with Crippen LogP contribution in [0.15, 0.2) is 46.0 Å². The van der Waals surface area contributed by atoms with Gasteiger partial charge in [0.05, 0.1) is 11.5 Å². The van der Waals surface area contributed by atoms with Crippen LogP contribution in [0.3, 0.4) is 0 Å². The van der Waals surface area contributed by atoms with Gasteiger partial charge in [-0.3, -0.25) is 0 Å². The fourth-order valence-corrected chi connectivity index (χ4v) is 4.98. The second-order valence-corrected chi connectivity index (χ2v) is 8.76. The van der Waals surface area contributed by atoms with Crippen LogP contribution in [0.5, 0.6) is 0 Å². The Kier molecular flexibility index (Phi) is 5.17. The average molecular weight is 350 g/mol. The summed E-state index contributed by atoms with van der Waals surface area (Å²) in [6.45, 7) is 0. The molecule has 5 nitrogen and oxygen atoms in total. The van der Waals surface area contributed by atoms with Crippen LogP contribution in [0, 0.1) is 5.92 Å². The van der Waals surface area contributed by atoms with Gasteiger partial charge in [-0.1, -0.05) is 54.2 Å². The Morgan fingerprint density at radius 3 is 2.83 bits per heavy atom. The van der Waals surface area contributed by atoms with E-state index in [9.17, 15) is 8.42 Å². The molecule has 0 radical (unpaired) electrons. The first-order chi connectivity index (χ1) is 11.1. The van der Waals surface area contributed by atoms with Crippen LogP contribution >= 0.6 is 11.8 Å². The van der Waals surface area contributed by atoms with E-state index in [-0.39, 0.29) is 17.4 Å². The van der Waals surface area contributed by atoms with Crippen molar-refractivity contribution in [3.63, 3.8) is 0 Å². The van der Waals surface area contributed by atoms with Crippen molar-refractivity contribution >= 4 is 27.7 Å². The quantitative estimate of drug-likeness (QED) is 0.746. The minimum atomic E-state index is -2.86. The highest BCUT2D eigenvalue weighted by Gasteiger charge is 2.29. The Bertz CT molecular complexity index is 770. The van der Waals surface area contributed by atoms with Gasteiger partial charge in [0.15, 0.2) is 9.84 Å². The molecule has 1 fully saturated rings. The van der Waals surface area contributed by atoms with Crippen LogP contribution in [0.2, 0.25) is 0 Å². The molecule has 0 aliphatic carbocycles. The summed E-state index contributed by atoms with van der Waals surface area (Å²) in [7, 11) is -2.86. The first-order valence-corrected chi connectivity index (χ1v) is 10.3. The molecule has 23 heavy (non-hydrogen) atoms. The van der Waals surface area contributed by atoms with Crippen molar-refractivity contribution in [3.8, 4) is 0 Å². The molecule has 1 atom stereocenters. The summed E-state index contributed by atoms with van der Waals surface area (Å²) < 4.78 is 28.5. The predicted molar refractivity (Wildman–Crippen MR) is 91.0 cm³/mol. The lowest BCUT2D eigenvalue weighted by Gasteiger charge is -2.01. The molecule has 0 amide bonds. The SMILES string of the molecule is O=S1(=O)CCC(Cc2nnc(SCC=Cc3ccccc3)o2)C1. The third-order valence-electron chi connectivity index (χ3n) is 3.65. The molecule has 2 aromatic rings. The summed E-state index contributed by atoms with van der Waals surface area (Å²) in [5.74, 6) is 1.89. The largest absolute Gasteiger partial charge is 0.416 e. The molecule has 122 valence electrons. The van der Waals surface area contributed by atoms with Gasteiger partial charge in [0.25, 0.3) is 5.22 Å². The van der Waals surface area contributed by atoms with Crippen LogP contribution < -0.4 is 0 Å². The molecule has 1 aliphatic heterocycles. The maximum absolute atomic E-state index is 11.4. The van der Waals surface area contributed by atoms with Crippen LogP contribution in [-0.2, 0) is 16.3 Å². The first kappa shape index (κ1) is 16.3. The van der Waals surface area contributed by atoms with Gasteiger partial charge in [0, 0.05) is 12.2 Å². The number of aromatic nitrogens is 2. The topological polar surface area (TPSA) is 73.1 Å². The smallest absolute Gasteiger partial charge is 0.276 e. The van der Waals surface area contributed by atoms with E-state index in [1.165, 1.54) is 11.8 Å². The molecule has 0 N–H and O–H groups in total. The molecule has 2 heterocycles. The Balaban J connectivity index is 1.47. The van der Waals surface area contributed by atoms with Crippen molar-refractivity contribution < 1.29 is 12.8 Å². The molecule has 0 saturated carbocycles. The normalized spacial score (nSPS) is 20.3. The second kappa shape index (κ2) is 7.31. The molecule has 7 heteroatoms. The summed E-state index contributed by atoms with van der Waals surface area (Å²) in [4.78, 5) is 0. The highest BCUT2D eigenvalue weighted by molar-refractivity contribution is 7.99. The molecule has 1 aromatic heterocycles. The van der Waals surface area contributed by atoms with Gasteiger partial charge in [0.2, 0.25) is 5.89 Å². The minimum Gasteiger partial charge on any atom is -0.416 e. The van der Waals surface area contributed by atoms with Crippen LogP contribution in [0.4, 0.5) is 0 Å². The molecule has 0 spiro atoms. The maximum Gasteiger partial charge on any atom is 0.276 e. The van der Waals surface area contributed by atoms with Gasteiger partial charge in [-0.2, -0.15) is 0 Å². The molecular weight excluding hydrogens is 332 g/mol. The third-order valence-corrected chi connectivity index (χ3v) is 6.26. The van der Waals surface area contributed by atoms with E-state index >= 15 is 0 Å². The second-order valence-electron chi connectivity index (χ2n) is 5.56. The fraction of sp³-hybridized carbons (Fsp3) is 0.375. The van der Waals surface area contributed by atoms with Crippen molar-refractivity contribution in [1.29, 1.82) is 0 Å². The summed E-state index contributed by atoms with van der Waals surface area (Å²) >= 11 is 1.47. The Morgan fingerprint density at radius 2 is 2.09 bits per heavy atom. The Hall–Kier alpha value is -1.60. The highest BCUT2D eigenvalue weighted by Crippen LogP contribution is 2.24. The van der Waals surface area contributed by atoms with Gasteiger partial charge in [-0.25, -0.2) is 8.42 Å². The van der Waals surface area contributed by atoms with Crippen LogP contribution in [0.25, 0.3) is 6.08 Å². The van der Waals surface area contributed by atoms with Crippen molar-refractivity contribution in [2.75, 3.05) is 17.3 Å².